The van der Waals surface area contributed by atoms with Gasteiger partial charge in [0.1, 0.15) is 5.82 Å². The van der Waals surface area contributed by atoms with E-state index >= 15 is 0 Å². The molecule has 2 aliphatic rings. The molecule has 1 amide bonds. The Morgan fingerprint density at radius 3 is 2.64 bits per heavy atom. The van der Waals surface area contributed by atoms with Crippen molar-refractivity contribution in [3.05, 3.63) is 18.2 Å². The first-order chi connectivity index (χ1) is 10.4. The molecule has 0 aromatic carbocycles. The summed E-state index contributed by atoms with van der Waals surface area (Å²) >= 11 is 0. The number of amides is 1. The van der Waals surface area contributed by atoms with Gasteiger partial charge in [0.15, 0.2) is 0 Å². The van der Waals surface area contributed by atoms with Crippen LogP contribution < -0.4 is 4.72 Å². The monoisotopic (exact) mass is 326 g/mol. The van der Waals surface area contributed by atoms with Crippen molar-refractivity contribution < 1.29 is 13.2 Å². The Morgan fingerprint density at radius 2 is 2.05 bits per heavy atom. The van der Waals surface area contributed by atoms with Crippen molar-refractivity contribution in [3.8, 4) is 0 Å². The molecule has 1 aromatic rings. The molecular weight excluding hydrogens is 304 g/mol. The lowest BCUT2D eigenvalue weighted by atomic mass is 9.88. The lowest BCUT2D eigenvalue weighted by molar-refractivity contribution is -0.137. The molecule has 1 saturated heterocycles. The molecule has 7 nitrogen and oxygen atoms in total. The number of rotatable bonds is 5. The topological polar surface area (TPSA) is 84.3 Å². The molecule has 2 atom stereocenters. The van der Waals surface area contributed by atoms with E-state index in [4.69, 9.17) is 0 Å². The van der Waals surface area contributed by atoms with Crippen LogP contribution in [-0.4, -0.2) is 47.6 Å². The Kier molecular flexibility index (Phi) is 3.98. The van der Waals surface area contributed by atoms with E-state index in [1.807, 2.05) is 17.8 Å². The van der Waals surface area contributed by atoms with Gasteiger partial charge in [0.25, 0.3) is 0 Å². The third kappa shape index (κ3) is 2.89. The molecule has 2 fully saturated rings. The van der Waals surface area contributed by atoms with Crippen LogP contribution in [0.5, 0.6) is 0 Å². The normalized spacial score (nSPS) is 26.5. The molecule has 0 unspecified atom stereocenters. The maximum atomic E-state index is 12.0. The maximum Gasteiger partial charge on any atom is 0.222 e. The summed E-state index contributed by atoms with van der Waals surface area (Å²) in [5.74, 6) is 0.915. The average molecular weight is 326 g/mol. The Morgan fingerprint density at radius 1 is 1.32 bits per heavy atom. The number of nitrogens with one attached hydrogen (secondary N) is 1. The number of imidazole rings is 1. The zero-order chi connectivity index (χ0) is 15.9. The van der Waals surface area contributed by atoms with E-state index in [1.54, 1.807) is 18.1 Å². The third-order valence-corrected chi connectivity index (χ3v) is 6.54. The molecule has 0 spiro atoms. The van der Waals surface area contributed by atoms with Gasteiger partial charge >= 0.3 is 0 Å². The first-order valence-corrected chi connectivity index (χ1v) is 9.16. The number of likely N-dealkylation sites (tertiary alicyclic amines) is 1. The fourth-order valence-electron chi connectivity index (χ4n) is 3.09. The molecule has 122 valence electrons. The second-order valence-electron chi connectivity index (χ2n) is 6.24. The highest BCUT2D eigenvalue weighted by molar-refractivity contribution is 7.90. The largest absolute Gasteiger partial charge is 0.336 e. The summed E-state index contributed by atoms with van der Waals surface area (Å²) in [6, 6.07) is -0.192. The SMILES string of the molecule is CN1C(=O)CC[C@H](CNS(=O)(=O)C2CC2)[C@H]1c1nccn1C. The van der Waals surface area contributed by atoms with E-state index in [2.05, 4.69) is 9.71 Å². The van der Waals surface area contributed by atoms with Crippen LogP contribution in [0.4, 0.5) is 0 Å². The van der Waals surface area contributed by atoms with Crippen LogP contribution in [0.3, 0.4) is 0 Å². The standard InChI is InChI=1S/C14H22N4O3S/c1-17-8-7-15-14(17)13-10(3-6-12(19)18(13)2)9-16-22(20,21)11-4-5-11/h7-8,10-11,13,16H,3-6,9H2,1-2H3/t10-,13+/m1/s1. The fourth-order valence-corrected chi connectivity index (χ4v) is 4.53. The molecule has 1 aliphatic carbocycles. The summed E-state index contributed by atoms with van der Waals surface area (Å²) in [7, 11) is 0.456. The van der Waals surface area contributed by atoms with Crippen molar-refractivity contribution in [3.63, 3.8) is 0 Å². The molecule has 8 heteroatoms. The Balaban J connectivity index is 1.78. The second kappa shape index (κ2) is 5.66. The minimum absolute atomic E-state index is 0.0392. The van der Waals surface area contributed by atoms with E-state index in [9.17, 15) is 13.2 Å². The van der Waals surface area contributed by atoms with Crippen LogP contribution in [0, 0.1) is 5.92 Å². The minimum atomic E-state index is -3.20. The van der Waals surface area contributed by atoms with Crippen molar-refractivity contribution in [1.29, 1.82) is 0 Å². The molecule has 22 heavy (non-hydrogen) atoms. The molecule has 0 bridgehead atoms. The zero-order valence-electron chi connectivity index (χ0n) is 12.9. The van der Waals surface area contributed by atoms with Crippen molar-refractivity contribution >= 4 is 15.9 Å². The van der Waals surface area contributed by atoms with Crippen molar-refractivity contribution in [1.82, 2.24) is 19.2 Å². The fraction of sp³-hybridized carbons (Fsp3) is 0.714. The number of piperidine rings is 1. The average Bonchev–Trinajstić information content (AvgIpc) is 3.25. The molecule has 1 N–H and O–H groups in total. The smallest absolute Gasteiger partial charge is 0.222 e. The highest BCUT2D eigenvalue weighted by Gasteiger charge is 2.40. The first-order valence-electron chi connectivity index (χ1n) is 7.61. The Labute approximate surface area is 130 Å². The molecule has 1 saturated carbocycles. The molecule has 1 aliphatic heterocycles. The number of nitrogens with zero attached hydrogens (tertiary/aromatic N) is 3. The van der Waals surface area contributed by atoms with E-state index in [0.717, 1.165) is 18.7 Å². The van der Waals surface area contributed by atoms with Gasteiger partial charge in [-0.1, -0.05) is 0 Å². The Hall–Kier alpha value is -1.41. The predicted octanol–water partition coefficient (Wildman–Crippen LogP) is 0.411. The summed E-state index contributed by atoms with van der Waals surface area (Å²) in [5, 5.41) is -0.220. The number of carbonyl (C=O) groups is 1. The van der Waals surface area contributed by atoms with E-state index < -0.39 is 10.0 Å². The quantitative estimate of drug-likeness (QED) is 0.849. The van der Waals surface area contributed by atoms with Gasteiger partial charge in [-0.2, -0.15) is 0 Å². The van der Waals surface area contributed by atoms with Gasteiger partial charge in [-0.3, -0.25) is 4.79 Å². The van der Waals surface area contributed by atoms with Crippen LogP contribution in [0.25, 0.3) is 0 Å². The van der Waals surface area contributed by atoms with E-state index in [1.165, 1.54) is 0 Å². The van der Waals surface area contributed by atoms with Crippen LogP contribution >= 0.6 is 0 Å². The van der Waals surface area contributed by atoms with E-state index in [0.29, 0.717) is 19.4 Å². The number of sulfonamides is 1. The van der Waals surface area contributed by atoms with E-state index in [-0.39, 0.29) is 23.1 Å². The van der Waals surface area contributed by atoms with Gasteiger partial charge in [0, 0.05) is 45.4 Å². The highest BCUT2D eigenvalue weighted by atomic mass is 32.2. The van der Waals surface area contributed by atoms with Gasteiger partial charge in [0.2, 0.25) is 15.9 Å². The van der Waals surface area contributed by atoms with Crippen LogP contribution in [0.1, 0.15) is 37.5 Å². The van der Waals surface area contributed by atoms with Crippen molar-refractivity contribution in [2.75, 3.05) is 13.6 Å². The van der Waals surface area contributed by atoms with Gasteiger partial charge < -0.3 is 9.47 Å². The van der Waals surface area contributed by atoms with Gasteiger partial charge in [-0.15, -0.1) is 0 Å². The summed E-state index contributed by atoms with van der Waals surface area (Å²) in [5.41, 5.74) is 0. The second-order valence-corrected chi connectivity index (χ2v) is 8.28. The van der Waals surface area contributed by atoms with Gasteiger partial charge in [0.05, 0.1) is 11.3 Å². The van der Waals surface area contributed by atoms with Gasteiger partial charge in [-0.05, 0) is 19.3 Å². The maximum absolute atomic E-state index is 12.0. The number of aromatic nitrogens is 2. The number of hydrogen-bond donors (Lipinski definition) is 1. The van der Waals surface area contributed by atoms with Crippen molar-refractivity contribution in [2.45, 2.75) is 37.0 Å². The summed E-state index contributed by atoms with van der Waals surface area (Å²) in [6.45, 7) is 0.355. The number of aryl methyl sites for hydroxylation is 1. The summed E-state index contributed by atoms with van der Waals surface area (Å²) in [4.78, 5) is 18.1. The number of carbonyl (C=O) groups excluding carboxylic acids is 1. The lowest BCUT2D eigenvalue weighted by Crippen LogP contribution is -2.45. The molecule has 1 aromatic heterocycles. The van der Waals surface area contributed by atoms with Crippen molar-refractivity contribution in [2.24, 2.45) is 13.0 Å². The van der Waals surface area contributed by atoms with Crippen LogP contribution in [0.15, 0.2) is 12.4 Å². The number of hydrogen-bond acceptors (Lipinski definition) is 4. The van der Waals surface area contributed by atoms with Crippen LogP contribution in [0.2, 0.25) is 0 Å². The lowest BCUT2D eigenvalue weighted by Gasteiger charge is -2.38. The molecule has 3 rings (SSSR count). The summed E-state index contributed by atoms with van der Waals surface area (Å²) in [6.07, 6.45) is 6.17. The first kappa shape index (κ1) is 15.5. The third-order valence-electron chi connectivity index (χ3n) is 4.62. The van der Waals surface area contributed by atoms with Crippen LogP contribution in [-0.2, 0) is 21.9 Å². The highest BCUT2D eigenvalue weighted by Crippen LogP contribution is 2.35. The summed E-state index contributed by atoms with van der Waals surface area (Å²) < 4.78 is 28.7. The predicted molar refractivity (Wildman–Crippen MR) is 81.4 cm³/mol. The van der Waals surface area contributed by atoms with Gasteiger partial charge in [-0.25, -0.2) is 18.1 Å². The molecular formula is C14H22N4O3S. The molecule has 2 heterocycles. The minimum Gasteiger partial charge on any atom is -0.336 e. The zero-order valence-corrected chi connectivity index (χ0v) is 13.7. The Bertz CT molecular complexity index is 665. The molecule has 0 radical (unpaired) electrons.